The van der Waals surface area contributed by atoms with Crippen LogP contribution in [0.15, 0.2) is 182 Å². The Hall–Kier alpha value is -6.12. The second kappa shape index (κ2) is 13.2. The van der Waals surface area contributed by atoms with Crippen LogP contribution in [-0.2, 0) is 0 Å². The summed E-state index contributed by atoms with van der Waals surface area (Å²) in [7, 11) is 0. The molecule has 0 amide bonds. The predicted molar refractivity (Wildman–Crippen MR) is 209 cm³/mol. The second-order valence-corrected chi connectivity index (χ2v) is 12.7. The molecule has 8 rings (SSSR count). The molecule has 236 valence electrons. The monoisotopic (exact) mass is 630 g/mol. The Morgan fingerprint density at radius 1 is 0.571 bits per heavy atom. The van der Waals surface area contributed by atoms with Gasteiger partial charge in [-0.25, -0.2) is 0 Å². The molecule has 0 radical (unpaired) electrons. The zero-order valence-electron chi connectivity index (χ0n) is 27.8. The van der Waals surface area contributed by atoms with E-state index >= 15 is 0 Å². The van der Waals surface area contributed by atoms with Crippen LogP contribution in [0.4, 0.5) is 11.4 Å². The average molecular weight is 631 g/mol. The Labute approximate surface area is 289 Å². The number of aromatic nitrogens is 1. The zero-order valence-corrected chi connectivity index (χ0v) is 27.8. The minimum absolute atomic E-state index is 0.945. The number of allylic oxidation sites excluding steroid dienone is 4. The Balaban J connectivity index is 1.11. The number of anilines is 2. The predicted octanol–water partition coefficient (Wildman–Crippen LogP) is 12.8. The van der Waals surface area contributed by atoms with Crippen LogP contribution in [0.1, 0.15) is 29.5 Å². The van der Waals surface area contributed by atoms with Crippen molar-refractivity contribution in [2.24, 2.45) is 0 Å². The molecule has 1 aliphatic carbocycles. The molecule has 0 unspecified atom stereocenters. The molecule has 0 fully saturated rings. The molecular formula is C47H38N2. The van der Waals surface area contributed by atoms with E-state index in [-0.39, 0.29) is 0 Å². The van der Waals surface area contributed by atoms with E-state index in [1.165, 1.54) is 61.1 Å². The van der Waals surface area contributed by atoms with Gasteiger partial charge in [-0.1, -0.05) is 116 Å². The van der Waals surface area contributed by atoms with Gasteiger partial charge in [-0.3, -0.25) is 0 Å². The molecular weight excluding hydrogens is 593 g/mol. The van der Waals surface area contributed by atoms with E-state index in [9.17, 15) is 0 Å². The number of rotatable bonds is 8. The topological polar surface area (TPSA) is 8.17 Å². The molecule has 0 spiro atoms. The Morgan fingerprint density at radius 3 is 1.80 bits per heavy atom. The maximum absolute atomic E-state index is 4.02. The molecule has 1 aliphatic rings. The van der Waals surface area contributed by atoms with Crippen LogP contribution in [0.25, 0.3) is 50.5 Å². The van der Waals surface area contributed by atoms with Crippen molar-refractivity contribution in [3.8, 4) is 27.9 Å². The highest BCUT2D eigenvalue weighted by atomic mass is 15.1. The van der Waals surface area contributed by atoms with Gasteiger partial charge in [-0.05, 0) is 130 Å². The minimum Gasteiger partial charge on any atom is -0.317 e. The maximum atomic E-state index is 4.02. The third kappa shape index (κ3) is 6.06. The van der Waals surface area contributed by atoms with Gasteiger partial charge in [0.15, 0.2) is 0 Å². The van der Waals surface area contributed by atoms with Crippen molar-refractivity contribution < 1.29 is 0 Å². The van der Waals surface area contributed by atoms with Crippen LogP contribution in [0.2, 0.25) is 0 Å². The van der Waals surface area contributed by atoms with E-state index < -0.39 is 0 Å². The van der Waals surface area contributed by atoms with E-state index in [1.807, 2.05) is 6.08 Å². The third-order valence-corrected chi connectivity index (χ3v) is 9.72. The first-order valence-electron chi connectivity index (χ1n) is 17.0. The van der Waals surface area contributed by atoms with Crippen molar-refractivity contribution in [3.63, 3.8) is 0 Å². The highest BCUT2D eigenvalue weighted by Crippen LogP contribution is 2.38. The fourth-order valence-corrected chi connectivity index (χ4v) is 6.95. The number of hydrogen-bond donors (Lipinski definition) is 0. The highest BCUT2D eigenvalue weighted by molar-refractivity contribution is 5.82. The van der Waals surface area contributed by atoms with Gasteiger partial charge < -0.3 is 9.47 Å². The Kier molecular flexibility index (Phi) is 8.13. The van der Waals surface area contributed by atoms with Gasteiger partial charge in [0.05, 0.1) is 5.52 Å². The van der Waals surface area contributed by atoms with Gasteiger partial charge in [0.25, 0.3) is 0 Å². The molecule has 1 heterocycles. The van der Waals surface area contributed by atoms with Gasteiger partial charge in [-0.15, -0.1) is 0 Å². The van der Waals surface area contributed by atoms with Crippen molar-refractivity contribution in [2.45, 2.75) is 19.8 Å². The SMILES string of the molecule is C=Cc1cc(C2=CC=C(N(c3ccc(-c4ccccc4)cc3)c3ccc(-c4ccc(-n5ccc6ccccc65)cc4)cc3)CC2)ccc1C. The number of para-hydroxylation sites is 1. The third-order valence-electron chi connectivity index (χ3n) is 9.72. The fraction of sp³-hybridized carbons (Fsp3) is 0.0638. The van der Waals surface area contributed by atoms with E-state index in [0.717, 1.165) is 29.9 Å². The quantitative estimate of drug-likeness (QED) is 0.162. The molecule has 0 saturated carbocycles. The van der Waals surface area contributed by atoms with Crippen molar-refractivity contribution in [3.05, 3.63) is 199 Å². The highest BCUT2D eigenvalue weighted by Gasteiger charge is 2.19. The van der Waals surface area contributed by atoms with Crippen LogP contribution in [0, 0.1) is 6.92 Å². The van der Waals surface area contributed by atoms with Gasteiger partial charge in [-0.2, -0.15) is 0 Å². The standard InChI is InChI=1S/C47H38N2/c1-3-35-33-42(14-13-34(35)2)40-21-29-46(30-22-40)49(44-25-17-37(18-26-44)36-9-5-4-6-10-36)45-27-19-39(20-28-45)38-15-23-43(24-16-38)48-32-31-41-11-7-8-12-47(41)48/h3-21,23-29,31-33H,1,22,30H2,2H3. The van der Waals surface area contributed by atoms with Crippen molar-refractivity contribution in [1.29, 1.82) is 0 Å². The van der Waals surface area contributed by atoms with Crippen molar-refractivity contribution >= 4 is 33.9 Å². The summed E-state index contributed by atoms with van der Waals surface area (Å²) in [4.78, 5) is 2.41. The summed E-state index contributed by atoms with van der Waals surface area (Å²) in [6.07, 6.45) is 10.6. The fourth-order valence-electron chi connectivity index (χ4n) is 6.95. The van der Waals surface area contributed by atoms with E-state index in [1.54, 1.807) is 0 Å². The molecule has 49 heavy (non-hydrogen) atoms. The first-order valence-corrected chi connectivity index (χ1v) is 17.0. The lowest BCUT2D eigenvalue weighted by Gasteiger charge is -2.30. The lowest BCUT2D eigenvalue weighted by molar-refractivity contribution is 0.930. The zero-order chi connectivity index (χ0) is 33.2. The summed E-state index contributed by atoms with van der Waals surface area (Å²) in [6, 6.07) is 54.8. The largest absolute Gasteiger partial charge is 0.317 e. The molecule has 1 aromatic heterocycles. The first-order chi connectivity index (χ1) is 24.1. The van der Waals surface area contributed by atoms with Crippen molar-refractivity contribution in [2.75, 3.05) is 4.90 Å². The van der Waals surface area contributed by atoms with E-state index in [4.69, 9.17) is 0 Å². The lowest BCUT2D eigenvalue weighted by Crippen LogP contribution is -2.17. The van der Waals surface area contributed by atoms with Gasteiger partial charge >= 0.3 is 0 Å². The van der Waals surface area contributed by atoms with Crippen LogP contribution >= 0.6 is 0 Å². The van der Waals surface area contributed by atoms with Crippen LogP contribution < -0.4 is 4.90 Å². The molecule has 6 aromatic carbocycles. The summed E-state index contributed by atoms with van der Waals surface area (Å²) in [5, 5.41) is 1.25. The van der Waals surface area contributed by atoms with Crippen LogP contribution in [0.5, 0.6) is 0 Å². The van der Waals surface area contributed by atoms with Gasteiger partial charge in [0.1, 0.15) is 0 Å². The van der Waals surface area contributed by atoms with Crippen LogP contribution in [0.3, 0.4) is 0 Å². The maximum Gasteiger partial charge on any atom is 0.0528 e. The second-order valence-electron chi connectivity index (χ2n) is 12.7. The molecule has 0 N–H and O–H groups in total. The Bertz CT molecular complexity index is 2320. The number of nitrogens with zero attached hydrogens (tertiary/aromatic N) is 2. The summed E-state index contributed by atoms with van der Waals surface area (Å²) in [5.74, 6) is 0. The lowest BCUT2D eigenvalue weighted by atomic mass is 9.92. The number of fused-ring (bicyclic) bond motifs is 1. The summed E-state index contributed by atoms with van der Waals surface area (Å²) in [6.45, 7) is 6.16. The molecule has 0 saturated heterocycles. The van der Waals surface area contributed by atoms with Crippen molar-refractivity contribution in [1.82, 2.24) is 4.57 Å². The average Bonchev–Trinajstić information content (AvgIpc) is 3.61. The first kappa shape index (κ1) is 30.2. The number of hydrogen-bond acceptors (Lipinski definition) is 1. The number of benzene rings is 6. The smallest absolute Gasteiger partial charge is 0.0528 e. The van der Waals surface area contributed by atoms with Crippen LogP contribution in [-0.4, -0.2) is 4.57 Å². The molecule has 2 heteroatoms. The van der Waals surface area contributed by atoms with E-state index in [2.05, 4.69) is 193 Å². The van der Waals surface area contributed by atoms with Gasteiger partial charge in [0.2, 0.25) is 0 Å². The molecule has 7 aromatic rings. The summed E-state index contributed by atoms with van der Waals surface area (Å²) < 4.78 is 2.25. The summed E-state index contributed by atoms with van der Waals surface area (Å²) >= 11 is 0. The molecule has 0 bridgehead atoms. The molecule has 0 aliphatic heterocycles. The number of aryl methyl sites for hydroxylation is 1. The molecule has 2 nitrogen and oxygen atoms in total. The summed E-state index contributed by atoms with van der Waals surface area (Å²) in [5.41, 5.74) is 15.9. The van der Waals surface area contributed by atoms with Gasteiger partial charge in [0, 0.05) is 29.0 Å². The minimum atomic E-state index is 0.945. The van der Waals surface area contributed by atoms with E-state index in [0.29, 0.717) is 0 Å². The molecule has 0 atom stereocenters. The Morgan fingerprint density at radius 2 is 1.16 bits per heavy atom. The normalized spacial score (nSPS) is 12.8.